The van der Waals surface area contributed by atoms with Crippen LogP contribution in [0.15, 0.2) is 24.3 Å². The molecule has 0 saturated carbocycles. The Morgan fingerprint density at radius 1 is 1.14 bits per heavy atom. The van der Waals surface area contributed by atoms with Gasteiger partial charge in [0.15, 0.2) is 0 Å². The molecule has 6 nitrogen and oxygen atoms in total. The third kappa shape index (κ3) is 3.37. The van der Waals surface area contributed by atoms with Crippen molar-refractivity contribution in [3.05, 3.63) is 29.8 Å². The molecule has 2 aliphatic rings. The SMILES string of the molecule is O=S(=O)(NCCN1CCc2ccccc21)N1CCOCC1. The number of fused-ring (bicyclic) bond motifs is 1. The van der Waals surface area contributed by atoms with Gasteiger partial charge in [-0.1, -0.05) is 18.2 Å². The normalized spacial score (nSPS) is 19.7. The first-order valence-corrected chi connectivity index (χ1v) is 8.76. The Hall–Kier alpha value is -1.15. The van der Waals surface area contributed by atoms with Crippen molar-refractivity contribution >= 4 is 15.9 Å². The van der Waals surface area contributed by atoms with Gasteiger partial charge in [-0.25, -0.2) is 4.72 Å². The molecule has 0 unspecified atom stereocenters. The Bertz CT molecular complexity index is 585. The molecule has 3 rings (SSSR count). The molecule has 1 aromatic carbocycles. The fraction of sp³-hybridized carbons (Fsp3) is 0.571. The number of rotatable bonds is 5. The van der Waals surface area contributed by atoms with E-state index in [1.807, 2.05) is 12.1 Å². The number of morpholine rings is 1. The molecule has 2 aliphatic heterocycles. The lowest BCUT2D eigenvalue weighted by Gasteiger charge is -2.27. The minimum atomic E-state index is -3.38. The summed E-state index contributed by atoms with van der Waals surface area (Å²) in [6.45, 7) is 3.89. The van der Waals surface area contributed by atoms with E-state index in [9.17, 15) is 8.42 Å². The number of nitrogens with one attached hydrogen (secondary N) is 1. The first-order chi connectivity index (χ1) is 10.2. The summed E-state index contributed by atoms with van der Waals surface area (Å²) in [6.07, 6.45) is 1.03. The molecular weight excluding hydrogens is 290 g/mol. The molecular formula is C14H21N3O3S. The van der Waals surface area contributed by atoms with Crippen LogP contribution in [0.4, 0.5) is 5.69 Å². The predicted molar refractivity (Wildman–Crippen MR) is 81.7 cm³/mol. The van der Waals surface area contributed by atoms with Crippen LogP contribution in [0, 0.1) is 0 Å². The average Bonchev–Trinajstić information content (AvgIpc) is 2.92. The van der Waals surface area contributed by atoms with Crippen molar-refractivity contribution in [2.24, 2.45) is 0 Å². The molecule has 7 heteroatoms. The van der Waals surface area contributed by atoms with Gasteiger partial charge < -0.3 is 9.64 Å². The van der Waals surface area contributed by atoms with E-state index in [1.165, 1.54) is 15.6 Å². The summed E-state index contributed by atoms with van der Waals surface area (Å²) in [5.74, 6) is 0. The van der Waals surface area contributed by atoms with Crippen molar-refractivity contribution in [1.29, 1.82) is 0 Å². The molecule has 0 atom stereocenters. The van der Waals surface area contributed by atoms with Crippen molar-refractivity contribution < 1.29 is 13.2 Å². The molecule has 0 aromatic heterocycles. The summed E-state index contributed by atoms with van der Waals surface area (Å²) in [6, 6.07) is 8.30. The number of benzene rings is 1. The van der Waals surface area contributed by atoms with E-state index in [4.69, 9.17) is 4.74 Å². The summed E-state index contributed by atoms with van der Waals surface area (Å²) in [7, 11) is -3.38. The maximum atomic E-state index is 12.1. The highest BCUT2D eigenvalue weighted by Crippen LogP contribution is 2.26. The van der Waals surface area contributed by atoms with Gasteiger partial charge in [0.05, 0.1) is 13.2 Å². The first-order valence-electron chi connectivity index (χ1n) is 7.32. The van der Waals surface area contributed by atoms with E-state index in [0.717, 1.165) is 13.0 Å². The zero-order valence-electron chi connectivity index (χ0n) is 12.0. The van der Waals surface area contributed by atoms with E-state index in [1.54, 1.807) is 0 Å². The minimum absolute atomic E-state index is 0.425. The van der Waals surface area contributed by atoms with Gasteiger partial charge in [0.1, 0.15) is 0 Å². The van der Waals surface area contributed by atoms with E-state index in [-0.39, 0.29) is 0 Å². The molecule has 0 spiro atoms. The Kier molecular flexibility index (Phi) is 4.44. The third-order valence-electron chi connectivity index (χ3n) is 3.96. The highest BCUT2D eigenvalue weighted by Gasteiger charge is 2.24. The smallest absolute Gasteiger partial charge is 0.279 e. The maximum absolute atomic E-state index is 12.1. The molecule has 0 radical (unpaired) electrons. The van der Waals surface area contributed by atoms with Gasteiger partial charge >= 0.3 is 0 Å². The molecule has 1 N–H and O–H groups in total. The lowest BCUT2D eigenvalue weighted by molar-refractivity contribution is 0.0725. The monoisotopic (exact) mass is 311 g/mol. The Morgan fingerprint density at radius 3 is 2.71 bits per heavy atom. The van der Waals surface area contributed by atoms with Crippen LogP contribution in [0.5, 0.6) is 0 Å². The van der Waals surface area contributed by atoms with Crippen LogP contribution in [0.25, 0.3) is 0 Å². The quantitative estimate of drug-likeness (QED) is 0.845. The minimum Gasteiger partial charge on any atom is -0.379 e. The second-order valence-corrected chi connectivity index (χ2v) is 7.03. The third-order valence-corrected chi connectivity index (χ3v) is 5.57. The molecule has 1 aromatic rings. The summed E-state index contributed by atoms with van der Waals surface area (Å²) < 4.78 is 33.6. The van der Waals surface area contributed by atoms with E-state index in [0.29, 0.717) is 39.4 Å². The number of nitrogens with zero attached hydrogens (tertiary/aromatic N) is 2. The van der Waals surface area contributed by atoms with Gasteiger partial charge in [0, 0.05) is 38.4 Å². The number of hydrogen-bond donors (Lipinski definition) is 1. The van der Waals surface area contributed by atoms with Gasteiger partial charge in [-0.2, -0.15) is 12.7 Å². The first kappa shape index (κ1) is 14.8. The number of hydrogen-bond acceptors (Lipinski definition) is 4. The van der Waals surface area contributed by atoms with E-state index >= 15 is 0 Å². The topological polar surface area (TPSA) is 61.9 Å². The highest BCUT2D eigenvalue weighted by atomic mass is 32.2. The average molecular weight is 311 g/mol. The van der Waals surface area contributed by atoms with Crippen LogP contribution in [-0.4, -0.2) is 58.7 Å². The zero-order chi connectivity index (χ0) is 14.7. The second kappa shape index (κ2) is 6.31. The van der Waals surface area contributed by atoms with Crippen LogP contribution in [0.2, 0.25) is 0 Å². The number of para-hydroxylation sites is 1. The Labute approximate surface area is 125 Å². The number of anilines is 1. The van der Waals surface area contributed by atoms with Crippen LogP contribution in [-0.2, 0) is 21.4 Å². The van der Waals surface area contributed by atoms with Crippen molar-refractivity contribution in [2.45, 2.75) is 6.42 Å². The van der Waals surface area contributed by atoms with Crippen LogP contribution < -0.4 is 9.62 Å². The van der Waals surface area contributed by atoms with Gasteiger partial charge in [0.2, 0.25) is 0 Å². The molecule has 1 saturated heterocycles. The summed E-state index contributed by atoms with van der Waals surface area (Å²) in [5, 5.41) is 0. The molecule has 2 heterocycles. The molecule has 0 amide bonds. The molecule has 21 heavy (non-hydrogen) atoms. The predicted octanol–water partition coefficient (Wildman–Crippen LogP) is 0.216. The van der Waals surface area contributed by atoms with Gasteiger partial charge in [-0.05, 0) is 18.1 Å². The van der Waals surface area contributed by atoms with Gasteiger partial charge in [-0.3, -0.25) is 0 Å². The van der Waals surface area contributed by atoms with Crippen LogP contribution in [0.3, 0.4) is 0 Å². The summed E-state index contributed by atoms with van der Waals surface area (Å²) in [4.78, 5) is 2.23. The largest absolute Gasteiger partial charge is 0.379 e. The lowest BCUT2D eigenvalue weighted by Crippen LogP contribution is -2.48. The lowest BCUT2D eigenvalue weighted by atomic mass is 10.2. The Morgan fingerprint density at radius 2 is 1.90 bits per heavy atom. The van der Waals surface area contributed by atoms with Crippen molar-refractivity contribution in [1.82, 2.24) is 9.03 Å². The summed E-state index contributed by atoms with van der Waals surface area (Å²) >= 11 is 0. The number of ether oxygens (including phenoxy) is 1. The maximum Gasteiger partial charge on any atom is 0.279 e. The van der Waals surface area contributed by atoms with E-state index < -0.39 is 10.2 Å². The van der Waals surface area contributed by atoms with E-state index in [2.05, 4.69) is 21.8 Å². The summed E-state index contributed by atoms with van der Waals surface area (Å²) in [5.41, 5.74) is 2.57. The molecule has 116 valence electrons. The van der Waals surface area contributed by atoms with Crippen LogP contribution >= 0.6 is 0 Å². The highest BCUT2D eigenvalue weighted by molar-refractivity contribution is 7.87. The van der Waals surface area contributed by atoms with Crippen molar-refractivity contribution in [2.75, 3.05) is 50.8 Å². The Balaban J connectivity index is 1.52. The van der Waals surface area contributed by atoms with Crippen LogP contribution in [0.1, 0.15) is 5.56 Å². The molecule has 1 fully saturated rings. The second-order valence-electron chi connectivity index (χ2n) is 5.28. The van der Waals surface area contributed by atoms with Gasteiger partial charge in [0.25, 0.3) is 10.2 Å². The molecule has 0 aliphatic carbocycles. The fourth-order valence-electron chi connectivity index (χ4n) is 2.83. The van der Waals surface area contributed by atoms with Gasteiger partial charge in [-0.15, -0.1) is 0 Å². The zero-order valence-corrected chi connectivity index (χ0v) is 12.8. The fourth-order valence-corrected chi connectivity index (χ4v) is 3.99. The standard InChI is InChI=1S/C14H21N3O3S/c18-21(19,17-9-11-20-12-10-17)15-6-8-16-7-5-13-3-1-2-4-14(13)16/h1-4,15H,5-12H2. The van der Waals surface area contributed by atoms with Crippen molar-refractivity contribution in [3.8, 4) is 0 Å². The molecule has 0 bridgehead atoms. The van der Waals surface area contributed by atoms with Crippen molar-refractivity contribution in [3.63, 3.8) is 0 Å².